The SMILES string of the molecule is CCOC(=O)C1=C(C)N=c2s/c(=C/c3ccc(N4CCN(C)CC4)o3)c(=O)n2[C@H]1c1ccc(SC)cc1. The molecule has 1 aromatic carbocycles. The Morgan fingerprint density at radius 1 is 1.19 bits per heavy atom. The third-order valence-corrected chi connectivity index (χ3v) is 8.38. The van der Waals surface area contributed by atoms with Crippen LogP contribution in [0.15, 0.2) is 66.8 Å². The van der Waals surface area contributed by atoms with Gasteiger partial charge in [0, 0.05) is 43.2 Å². The Morgan fingerprint density at radius 3 is 2.59 bits per heavy atom. The molecule has 0 unspecified atom stereocenters. The van der Waals surface area contributed by atoms with Crippen LogP contribution in [0, 0.1) is 0 Å². The smallest absolute Gasteiger partial charge is 0.338 e. The zero-order valence-corrected chi connectivity index (χ0v) is 23.0. The number of allylic oxidation sites excluding steroid dienone is 1. The van der Waals surface area contributed by atoms with Crippen molar-refractivity contribution in [3.8, 4) is 0 Å². The van der Waals surface area contributed by atoms with Crippen LogP contribution in [0.3, 0.4) is 0 Å². The third-order valence-electron chi connectivity index (χ3n) is 6.65. The van der Waals surface area contributed by atoms with Gasteiger partial charge in [-0.25, -0.2) is 9.79 Å². The Kier molecular flexibility index (Phi) is 7.41. The van der Waals surface area contributed by atoms with Crippen LogP contribution in [0.1, 0.15) is 31.2 Å². The molecule has 0 N–H and O–H groups in total. The molecule has 2 aliphatic heterocycles. The van der Waals surface area contributed by atoms with E-state index in [0.717, 1.165) is 42.5 Å². The number of hydrogen-bond acceptors (Lipinski definition) is 9. The van der Waals surface area contributed by atoms with Gasteiger partial charge in [-0.1, -0.05) is 23.5 Å². The second-order valence-electron chi connectivity index (χ2n) is 9.04. The summed E-state index contributed by atoms with van der Waals surface area (Å²) < 4.78 is 13.6. The van der Waals surface area contributed by atoms with E-state index < -0.39 is 12.0 Å². The molecule has 8 nitrogen and oxygen atoms in total. The fraction of sp³-hybridized carbons (Fsp3) is 0.370. The second-order valence-corrected chi connectivity index (χ2v) is 10.9. The number of furan rings is 1. The standard InChI is InChI=1S/C27H30N4O4S2/c1-5-34-26(33)23-17(2)28-27-31(24(23)18-6-9-20(36-4)10-7-18)25(32)21(37-27)16-19-8-11-22(35-19)30-14-12-29(3)13-15-30/h6-11,16,24H,5,12-15H2,1-4H3/b21-16+/t24-/m0/s1. The van der Waals surface area contributed by atoms with Crippen molar-refractivity contribution in [1.82, 2.24) is 9.47 Å². The van der Waals surface area contributed by atoms with Gasteiger partial charge in [-0.2, -0.15) is 0 Å². The molecule has 0 bridgehead atoms. The van der Waals surface area contributed by atoms with E-state index in [1.54, 1.807) is 36.3 Å². The maximum absolute atomic E-state index is 13.7. The lowest BCUT2D eigenvalue weighted by molar-refractivity contribution is -0.139. The minimum Gasteiger partial charge on any atom is -0.463 e. The van der Waals surface area contributed by atoms with Gasteiger partial charge in [0.2, 0.25) is 0 Å². The van der Waals surface area contributed by atoms with Crippen molar-refractivity contribution < 1.29 is 13.9 Å². The summed E-state index contributed by atoms with van der Waals surface area (Å²) >= 11 is 2.93. The zero-order chi connectivity index (χ0) is 26.1. The van der Waals surface area contributed by atoms with E-state index in [4.69, 9.17) is 9.15 Å². The minimum atomic E-state index is -0.620. The number of rotatable bonds is 6. The molecule has 0 aliphatic carbocycles. The predicted octanol–water partition coefficient (Wildman–Crippen LogP) is 2.87. The summed E-state index contributed by atoms with van der Waals surface area (Å²) in [5, 5.41) is 0. The highest BCUT2D eigenvalue weighted by atomic mass is 32.2. The number of piperazine rings is 1. The highest BCUT2D eigenvalue weighted by Crippen LogP contribution is 2.31. The molecular formula is C27H30N4O4S2. The van der Waals surface area contributed by atoms with Gasteiger partial charge < -0.3 is 19.0 Å². The largest absolute Gasteiger partial charge is 0.463 e. The molecule has 1 atom stereocenters. The van der Waals surface area contributed by atoms with E-state index in [9.17, 15) is 9.59 Å². The van der Waals surface area contributed by atoms with Crippen LogP contribution in [0.2, 0.25) is 0 Å². The predicted molar refractivity (Wildman–Crippen MR) is 147 cm³/mol. The monoisotopic (exact) mass is 538 g/mol. The van der Waals surface area contributed by atoms with Crippen LogP contribution in [-0.4, -0.2) is 61.5 Å². The molecule has 5 rings (SSSR count). The Balaban J connectivity index is 1.57. The van der Waals surface area contributed by atoms with Gasteiger partial charge in [-0.15, -0.1) is 11.8 Å². The van der Waals surface area contributed by atoms with Gasteiger partial charge >= 0.3 is 5.97 Å². The lowest BCUT2D eigenvalue weighted by Gasteiger charge is -2.32. The van der Waals surface area contributed by atoms with Crippen molar-refractivity contribution in [1.29, 1.82) is 0 Å². The number of fused-ring (bicyclic) bond motifs is 1. The summed E-state index contributed by atoms with van der Waals surface area (Å²) in [4.78, 5) is 37.6. The molecule has 1 fully saturated rings. The fourth-order valence-corrected chi connectivity index (χ4v) is 6.07. The summed E-state index contributed by atoms with van der Waals surface area (Å²) in [5.74, 6) is 0.959. The number of likely N-dealkylation sites (N-methyl/N-ethyl adjacent to an activating group) is 1. The number of thioether (sulfide) groups is 1. The van der Waals surface area contributed by atoms with Crippen molar-refractivity contribution in [3.05, 3.63) is 78.7 Å². The second kappa shape index (κ2) is 10.7. The number of aromatic nitrogens is 1. The molecule has 10 heteroatoms. The van der Waals surface area contributed by atoms with Gasteiger partial charge in [-0.3, -0.25) is 9.36 Å². The molecule has 1 saturated heterocycles. The Morgan fingerprint density at radius 2 is 1.92 bits per heavy atom. The van der Waals surface area contributed by atoms with E-state index in [-0.39, 0.29) is 12.2 Å². The molecule has 3 aromatic rings. The van der Waals surface area contributed by atoms with Crippen molar-refractivity contribution in [2.45, 2.75) is 24.8 Å². The highest BCUT2D eigenvalue weighted by molar-refractivity contribution is 7.98. The number of thiazole rings is 1. The Bertz CT molecular complexity index is 1510. The van der Waals surface area contributed by atoms with Crippen LogP contribution in [0.25, 0.3) is 6.08 Å². The van der Waals surface area contributed by atoms with Gasteiger partial charge in [0.1, 0.15) is 5.76 Å². The molecule has 2 aliphatic rings. The topological polar surface area (TPSA) is 80.3 Å². The fourth-order valence-electron chi connectivity index (χ4n) is 4.64. The molecule has 4 heterocycles. The Hall–Kier alpha value is -3.08. The summed E-state index contributed by atoms with van der Waals surface area (Å²) in [6.45, 7) is 7.57. The quantitative estimate of drug-likeness (QED) is 0.353. The number of hydrogen-bond donors (Lipinski definition) is 0. The lowest BCUT2D eigenvalue weighted by atomic mass is 9.96. The van der Waals surface area contributed by atoms with Crippen molar-refractivity contribution in [2.24, 2.45) is 4.99 Å². The number of esters is 1. The normalized spacial score (nSPS) is 18.6. The first-order valence-corrected chi connectivity index (χ1v) is 14.3. The molecule has 0 saturated carbocycles. The van der Waals surface area contributed by atoms with Crippen molar-refractivity contribution >= 4 is 41.0 Å². The number of benzene rings is 1. The maximum atomic E-state index is 13.7. The first-order chi connectivity index (χ1) is 17.9. The number of carbonyl (C=O) groups excluding carboxylic acids is 1. The number of ether oxygens (including phenoxy) is 1. The first-order valence-electron chi connectivity index (χ1n) is 12.3. The van der Waals surface area contributed by atoms with Gasteiger partial charge in [0.25, 0.3) is 5.56 Å². The summed E-state index contributed by atoms with van der Waals surface area (Å²) in [5.41, 5.74) is 1.56. The average molecular weight is 539 g/mol. The number of carbonyl (C=O) groups is 1. The summed E-state index contributed by atoms with van der Waals surface area (Å²) in [7, 11) is 2.12. The molecule has 0 amide bonds. The van der Waals surface area contributed by atoms with E-state index in [1.165, 1.54) is 11.3 Å². The molecule has 2 aromatic heterocycles. The minimum absolute atomic E-state index is 0.213. The van der Waals surface area contributed by atoms with Crippen LogP contribution in [-0.2, 0) is 9.53 Å². The lowest BCUT2D eigenvalue weighted by Crippen LogP contribution is -2.44. The number of nitrogens with zero attached hydrogens (tertiary/aromatic N) is 4. The van der Waals surface area contributed by atoms with Crippen LogP contribution in [0.5, 0.6) is 0 Å². The van der Waals surface area contributed by atoms with Gasteiger partial charge in [0.05, 0.1) is 28.5 Å². The van der Waals surface area contributed by atoms with Crippen molar-refractivity contribution in [2.75, 3.05) is 51.0 Å². The molecule has 0 radical (unpaired) electrons. The van der Waals surface area contributed by atoms with E-state index in [0.29, 0.717) is 26.4 Å². The zero-order valence-electron chi connectivity index (χ0n) is 21.4. The molecular weight excluding hydrogens is 508 g/mol. The van der Waals surface area contributed by atoms with E-state index in [1.807, 2.05) is 42.7 Å². The van der Waals surface area contributed by atoms with Crippen LogP contribution >= 0.6 is 23.1 Å². The summed E-state index contributed by atoms with van der Waals surface area (Å²) in [6, 6.07) is 11.1. The molecule has 194 valence electrons. The molecule has 0 spiro atoms. The van der Waals surface area contributed by atoms with Crippen LogP contribution in [0.4, 0.5) is 5.88 Å². The van der Waals surface area contributed by atoms with Crippen molar-refractivity contribution in [3.63, 3.8) is 0 Å². The molecule has 37 heavy (non-hydrogen) atoms. The first kappa shape index (κ1) is 25.6. The Labute approximate surface area is 223 Å². The van der Waals surface area contributed by atoms with E-state index >= 15 is 0 Å². The number of anilines is 1. The van der Waals surface area contributed by atoms with Gasteiger partial charge in [-0.05, 0) is 50.9 Å². The maximum Gasteiger partial charge on any atom is 0.338 e. The van der Waals surface area contributed by atoms with E-state index in [2.05, 4.69) is 21.8 Å². The van der Waals surface area contributed by atoms with Crippen LogP contribution < -0.4 is 19.8 Å². The average Bonchev–Trinajstić information content (AvgIpc) is 3.48. The highest BCUT2D eigenvalue weighted by Gasteiger charge is 2.33. The van der Waals surface area contributed by atoms with Gasteiger partial charge in [0.15, 0.2) is 10.7 Å². The summed E-state index contributed by atoms with van der Waals surface area (Å²) in [6.07, 6.45) is 3.77. The third kappa shape index (κ3) is 5.05.